The van der Waals surface area contributed by atoms with Gasteiger partial charge in [0.1, 0.15) is 10.6 Å². The van der Waals surface area contributed by atoms with Crippen LogP contribution < -0.4 is 10.1 Å². The summed E-state index contributed by atoms with van der Waals surface area (Å²) in [4.78, 5) is 0.234. The lowest BCUT2D eigenvalue weighted by molar-refractivity contribution is 0.262. The topological polar surface area (TPSA) is 58.6 Å². The minimum Gasteiger partial charge on any atom is -0.495 e. The van der Waals surface area contributed by atoms with Crippen LogP contribution in [0.15, 0.2) is 21.5 Å². The first-order valence-electron chi connectivity index (χ1n) is 7.39. The number of nitrogens with zero attached hydrogens (tertiary/aromatic N) is 1. The average Bonchev–Trinajstić information content (AvgIpc) is 2.50. The first-order chi connectivity index (χ1) is 10.4. The van der Waals surface area contributed by atoms with Gasteiger partial charge in [0.25, 0.3) is 0 Å². The van der Waals surface area contributed by atoms with Gasteiger partial charge in [-0.3, -0.25) is 0 Å². The first-order valence-corrected chi connectivity index (χ1v) is 9.62. The van der Waals surface area contributed by atoms with E-state index in [1.165, 1.54) is 7.11 Å². The van der Waals surface area contributed by atoms with Crippen molar-refractivity contribution in [3.05, 3.63) is 22.2 Å². The quantitative estimate of drug-likeness (QED) is 0.838. The largest absolute Gasteiger partial charge is 0.495 e. The van der Waals surface area contributed by atoms with Crippen molar-refractivity contribution >= 4 is 26.0 Å². The number of ether oxygens (including phenoxy) is 1. The molecular formula is C15H23BrN2O3S. The van der Waals surface area contributed by atoms with Crippen molar-refractivity contribution in [1.29, 1.82) is 0 Å². The van der Waals surface area contributed by atoms with Crippen LogP contribution in [-0.4, -0.2) is 46.5 Å². The molecule has 0 aliphatic carbocycles. The fourth-order valence-electron chi connectivity index (χ4n) is 2.84. The van der Waals surface area contributed by atoms with Gasteiger partial charge in [0.2, 0.25) is 10.0 Å². The summed E-state index contributed by atoms with van der Waals surface area (Å²) in [5, 5.41) is 3.13. The molecule has 1 aromatic rings. The maximum absolute atomic E-state index is 13.0. The fraction of sp³-hybridized carbons (Fsp3) is 0.600. The lowest BCUT2D eigenvalue weighted by Crippen LogP contribution is -2.42. The van der Waals surface area contributed by atoms with E-state index in [1.807, 2.05) is 14.0 Å². The molecule has 1 atom stereocenters. The predicted molar refractivity (Wildman–Crippen MR) is 90.8 cm³/mol. The fourth-order valence-corrected chi connectivity index (χ4v) is 5.05. The number of nitrogens with one attached hydrogen (secondary N) is 1. The molecule has 7 heteroatoms. The van der Waals surface area contributed by atoms with E-state index in [0.717, 1.165) is 29.4 Å². The molecule has 1 N–H and O–H groups in total. The zero-order valence-corrected chi connectivity index (χ0v) is 15.6. The van der Waals surface area contributed by atoms with Crippen molar-refractivity contribution < 1.29 is 13.2 Å². The summed E-state index contributed by atoms with van der Waals surface area (Å²) >= 11 is 3.41. The molecule has 1 aromatic carbocycles. The third kappa shape index (κ3) is 3.64. The second kappa shape index (κ2) is 7.29. The zero-order chi connectivity index (χ0) is 16.3. The Bertz CT molecular complexity index is 632. The molecule has 1 heterocycles. The number of aryl methyl sites for hydroxylation is 1. The van der Waals surface area contributed by atoms with Gasteiger partial charge >= 0.3 is 0 Å². The van der Waals surface area contributed by atoms with Crippen molar-refractivity contribution in [3.63, 3.8) is 0 Å². The number of hydrogen-bond acceptors (Lipinski definition) is 4. The Labute approximate surface area is 141 Å². The third-order valence-electron chi connectivity index (χ3n) is 4.04. The summed E-state index contributed by atoms with van der Waals surface area (Å²) in [6.45, 7) is 3.86. The highest BCUT2D eigenvalue weighted by Crippen LogP contribution is 2.33. The number of halogens is 1. The van der Waals surface area contributed by atoms with Gasteiger partial charge < -0.3 is 10.1 Å². The standard InChI is InChI=1S/C15H23BrN2O3S/c1-11-7-14(21-3)15(8-13(11)16)22(19,20)18-6-4-5-12(10-18)9-17-2/h7-8,12,17H,4-6,9-10H2,1-3H3/t12-/m0/s1. The third-order valence-corrected chi connectivity index (χ3v) is 6.78. The van der Waals surface area contributed by atoms with Gasteiger partial charge in [0.15, 0.2) is 0 Å². The van der Waals surface area contributed by atoms with Crippen molar-refractivity contribution in [1.82, 2.24) is 9.62 Å². The minimum atomic E-state index is -3.54. The molecule has 22 heavy (non-hydrogen) atoms. The molecule has 0 unspecified atom stereocenters. The number of hydrogen-bond donors (Lipinski definition) is 1. The Morgan fingerprint density at radius 3 is 2.82 bits per heavy atom. The monoisotopic (exact) mass is 390 g/mol. The van der Waals surface area contributed by atoms with Crippen LogP contribution in [0.25, 0.3) is 0 Å². The van der Waals surface area contributed by atoms with Crippen LogP contribution in [0.1, 0.15) is 18.4 Å². The molecule has 1 aliphatic heterocycles. The van der Waals surface area contributed by atoms with Gasteiger partial charge in [-0.25, -0.2) is 8.42 Å². The molecule has 0 bridgehead atoms. The molecule has 0 amide bonds. The second-order valence-electron chi connectivity index (χ2n) is 5.68. The first kappa shape index (κ1) is 17.7. The molecule has 0 radical (unpaired) electrons. The minimum absolute atomic E-state index is 0.234. The van der Waals surface area contributed by atoms with Gasteiger partial charge in [-0.05, 0) is 57.0 Å². The number of rotatable bonds is 5. The molecule has 0 spiro atoms. The molecule has 0 saturated carbocycles. The summed E-state index contributed by atoms with van der Waals surface area (Å²) in [6, 6.07) is 3.40. The van der Waals surface area contributed by atoms with Crippen LogP contribution in [-0.2, 0) is 10.0 Å². The van der Waals surface area contributed by atoms with Gasteiger partial charge in [-0.15, -0.1) is 0 Å². The van der Waals surface area contributed by atoms with Crippen LogP contribution in [0.5, 0.6) is 5.75 Å². The maximum Gasteiger partial charge on any atom is 0.246 e. The molecule has 5 nitrogen and oxygen atoms in total. The van der Waals surface area contributed by atoms with Crippen molar-refractivity contribution in [2.45, 2.75) is 24.7 Å². The second-order valence-corrected chi connectivity index (χ2v) is 8.44. The Morgan fingerprint density at radius 1 is 1.45 bits per heavy atom. The summed E-state index contributed by atoms with van der Waals surface area (Å²) in [5.41, 5.74) is 0.947. The van der Waals surface area contributed by atoms with Gasteiger partial charge in [-0.1, -0.05) is 15.9 Å². The number of piperidine rings is 1. The van der Waals surface area contributed by atoms with E-state index in [9.17, 15) is 8.42 Å². The van der Waals surface area contributed by atoms with Gasteiger partial charge in [-0.2, -0.15) is 4.31 Å². The van der Waals surface area contributed by atoms with Crippen LogP contribution in [0, 0.1) is 12.8 Å². The number of benzene rings is 1. The summed E-state index contributed by atoms with van der Waals surface area (Å²) < 4.78 is 33.6. The van der Waals surface area contributed by atoms with Crippen LogP contribution in [0.2, 0.25) is 0 Å². The Morgan fingerprint density at radius 2 is 2.18 bits per heavy atom. The lowest BCUT2D eigenvalue weighted by atomic mass is 10.00. The highest BCUT2D eigenvalue weighted by atomic mass is 79.9. The van der Waals surface area contributed by atoms with Crippen LogP contribution in [0.3, 0.4) is 0 Å². The van der Waals surface area contributed by atoms with E-state index in [-0.39, 0.29) is 4.90 Å². The molecule has 2 rings (SSSR count). The lowest BCUT2D eigenvalue weighted by Gasteiger charge is -2.32. The van der Waals surface area contributed by atoms with Gasteiger partial charge in [0, 0.05) is 17.6 Å². The molecule has 1 fully saturated rings. The van der Waals surface area contributed by atoms with Gasteiger partial charge in [0.05, 0.1) is 7.11 Å². The SMILES string of the molecule is CNC[C@@H]1CCCN(S(=O)(=O)c2cc(Br)c(C)cc2OC)C1. The molecular weight excluding hydrogens is 368 g/mol. The van der Waals surface area contributed by atoms with Crippen LogP contribution >= 0.6 is 15.9 Å². The van der Waals surface area contributed by atoms with E-state index in [4.69, 9.17) is 4.74 Å². The zero-order valence-electron chi connectivity index (χ0n) is 13.2. The normalized spacial score (nSPS) is 20.1. The summed E-state index contributed by atoms with van der Waals surface area (Å²) in [7, 11) is -0.147. The molecule has 0 aromatic heterocycles. The smallest absolute Gasteiger partial charge is 0.246 e. The predicted octanol–water partition coefficient (Wildman–Crippen LogP) is 2.39. The highest BCUT2D eigenvalue weighted by molar-refractivity contribution is 9.10. The Balaban J connectivity index is 2.36. The van der Waals surface area contributed by atoms with Crippen molar-refractivity contribution in [2.75, 3.05) is 33.8 Å². The maximum atomic E-state index is 13.0. The highest BCUT2D eigenvalue weighted by Gasteiger charge is 2.32. The summed E-state index contributed by atoms with van der Waals surface area (Å²) in [6.07, 6.45) is 1.95. The molecule has 1 saturated heterocycles. The average molecular weight is 391 g/mol. The molecule has 124 valence electrons. The van der Waals surface area contributed by atoms with Crippen molar-refractivity contribution in [3.8, 4) is 5.75 Å². The summed E-state index contributed by atoms with van der Waals surface area (Å²) in [5.74, 6) is 0.754. The van der Waals surface area contributed by atoms with E-state index >= 15 is 0 Å². The number of sulfonamides is 1. The van der Waals surface area contributed by atoms with E-state index in [1.54, 1.807) is 16.4 Å². The molecule has 1 aliphatic rings. The van der Waals surface area contributed by atoms with E-state index in [2.05, 4.69) is 21.2 Å². The van der Waals surface area contributed by atoms with E-state index in [0.29, 0.717) is 24.8 Å². The van der Waals surface area contributed by atoms with Crippen LogP contribution in [0.4, 0.5) is 0 Å². The Kier molecular flexibility index (Phi) is 5.87. The van der Waals surface area contributed by atoms with Crippen molar-refractivity contribution in [2.24, 2.45) is 5.92 Å². The Hall–Kier alpha value is -0.630. The number of methoxy groups -OCH3 is 1. The van der Waals surface area contributed by atoms with E-state index < -0.39 is 10.0 Å².